The molecule has 116 valence electrons. The minimum absolute atomic E-state index is 0.0582. The smallest absolute Gasteiger partial charge is 0.273 e. The Kier molecular flexibility index (Phi) is 4.65. The molecule has 0 atom stereocenters. The number of rotatable bonds is 3. The number of aryl methyl sites for hydroxylation is 1. The van der Waals surface area contributed by atoms with Crippen molar-refractivity contribution in [1.29, 1.82) is 0 Å². The molecule has 0 bridgehead atoms. The predicted octanol–water partition coefficient (Wildman–Crippen LogP) is 3.04. The summed E-state index contributed by atoms with van der Waals surface area (Å²) in [6, 6.07) is 5.72. The van der Waals surface area contributed by atoms with Gasteiger partial charge in [0.2, 0.25) is 0 Å². The topological polar surface area (TPSA) is 64.9 Å². The summed E-state index contributed by atoms with van der Waals surface area (Å²) in [7, 11) is 0. The molecular weight excluding hydrogens is 278 g/mol. The van der Waals surface area contributed by atoms with Crippen molar-refractivity contribution < 1.29 is 9.90 Å². The lowest BCUT2D eigenvalue weighted by atomic mass is 9.95. The summed E-state index contributed by atoms with van der Waals surface area (Å²) < 4.78 is 0. The van der Waals surface area contributed by atoms with Gasteiger partial charge in [0, 0.05) is 23.9 Å². The Morgan fingerprint density at radius 3 is 2.68 bits per heavy atom. The number of hydrazone groups is 1. The molecule has 1 aromatic rings. The number of benzene rings is 1. The summed E-state index contributed by atoms with van der Waals surface area (Å²) in [6.07, 6.45) is 3.48. The molecule has 5 nitrogen and oxygen atoms in total. The van der Waals surface area contributed by atoms with E-state index in [9.17, 15) is 9.90 Å². The highest BCUT2D eigenvalue weighted by Crippen LogP contribution is 2.38. The van der Waals surface area contributed by atoms with Gasteiger partial charge >= 0.3 is 0 Å². The second-order valence-corrected chi connectivity index (χ2v) is 4.97. The van der Waals surface area contributed by atoms with E-state index in [1.807, 2.05) is 45.0 Å². The Morgan fingerprint density at radius 1 is 1.36 bits per heavy atom. The minimum atomic E-state index is -0.351. The van der Waals surface area contributed by atoms with E-state index in [1.165, 1.54) is 5.01 Å². The van der Waals surface area contributed by atoms with Crippen molar-refractivity contribution in [1.82, 2.24) is 10.3 Å². The number of fused-ring (bicyclic) bond motifs is 1. The number of carbonyl (C=O) groups is 1. The van der Waals surface area contributed by atoms with Crippen molar-refractivity contribution >= 4 is 23.6 Å². The molecule has 1 aliphatic rings. The van der Waals surface area contributed by atoms with Crippen molar-refractivity contribution in [2.45, 2.75) is 27.7 Å². The van der Waals surface area contributed by atoms with Gasteiger partial charge in [-0.15, -0.1) is 0 Å². The number of nitrogens with zero attached hydrogens (tertiary/aromatic N) is 2. The Hall–Kier alpha value is -2.56. The van der Waals surface area contributed by atoms with E-state index in [-0.39, 0.29) is 17.4 Å². The number of nitrogens with one attached hydrogen (secondary N) is 1. The maximum Gasteiger partial charge on any atom is 0.273 e. The second kappa shape index (κ2) is 6.47. The Bertz CT molecular complexity index is 687. The third-order valence-corrected chi connectivity index (χ3v) is 3.43. The first-order valence-corrected chi connectivity index (χ1v) is 7.33. The zero-order chi connectivity index (χ0) is 16.3. The van der Waals surface area contributed by atoms with Gasteiger partial charge in [-0.2, -0.15) is 5.10 Å². The van der Waals surface area contributed by atoms with Crippen molar-refractivity contribution in [3.05, 3.63) is 46.7 Å². The molecule has 0 unspecified atom stereocenters. The fourth-order valence-electron chi connectivity index (χ4n) is 2.50. The molecule has 0 fully saturated rings. The van der Waals surface area contributed by atoms with Crippen LogP contribution in [-0.2, 0) is 4.79 Å². The second-order valence-electron chi connectivity index (χ2n) is 4.97. The maximum absolute atomic E-state index is 12.4. The molecule has 22 heavy (non-hydrogen) atoms. The molecule has 5 heteroatoms. The van der Waals surface area contributed by atoms with E-state index >= 15 is 0 Å². The van der Waals surface area contributed by atoms with E-state index in [0.29, 0.717) is 12.1 Å². The number of amides is 1. The largest absolute Gasteiger partial charge is 0.505 e. The molecule has 1 aromatic carbocycles. The SMILES string of the molecule is C/C=N\N1C(C(=O)NCC)=C(O)c2ccc(C)cc2/C1=C\C. The molecular formula is C17H21N3O2. The highest BCUT2D eigenvalue weighted by atomic mass is 16.3. The molecule has 0 radical (unpaired) electrons. The van der Waals surface area contributed by atoms with Gasteiger partial charge in [-0.05, 0) is 33.8 Å². The zero-order valence-corrected chi connectivity index (χ0v) is 13.3. The highest BCUT2D eigenvalue weighted by Gasteiger charge is 2.32. The third-order valence-electron chi connectivity index (χ3n) is 3.43. The molecule has 2 N–H and O–H groups in total. The fourth-order valence-corrected chi connectivity index (χ4v) is 2.50. The van der Waals surface area contributed by atoms with Crippen LogP contribution >= 0.6 is 0 Å². The molecule has 0 saturated carbocycles. The zero-order valence-electron chi connectivity index (χ0n) is 13.3. The molecule has 1 heterocycles. The van der Waals surface area contributed by atoms with Crippen molar-refractivity contribution in [2.75, 3.05) is 6.54 Å². The summed E-state index contributed by atoms with van der Waals surface area (Å²) in [6.45, 7) is 7.95. The van der Waals surface area contributed by atoms with Gasteiger partial charge in [-0.25, -0.2) is 5.01 Å². The first kappa shape index (κ1) is 15.8. The van der Waals surface area contributed by atoms with Crippen LogP contribution in [0.25, 0.3) is 11.5 Å². The monoisotopic (exact) mass is 299 g/mol. The van der Waals surface area contributed by atoms with Gasteiger partial charge in [0.15, 0.2) is 11.5 Å². The predicted molar refractivity (Wildman–Crippen MR) is 89.1 cm³/mol. The number of likely N-dealkylation sites (N-methyl/N-ethyl adjacent to an activating group) is 1. The minimum Gasteiger partial charge on any atom is -0.505 e. The lowest BCUT2D eigenvalue weighted by Crippen LogP contribution is -2.35. The van der Waals surface area contributed by atoms with E-state index < -0.39 is 0 Å². The normalized spacial score (nSPS) is 16.4. The van der Waals surface area contributed by atoms with Crippen molar-refractivity contribution in [3.8, 4) is 0 Å². The molecule has 0 aromatic heterocycles. The molecule has 2 rings (SSSR count). The van der Waals surface area contributed by atoms with E-state index in [0.717, 1.165) is 16.8 Å². The third kappa shape index (κ3) is 2.62. The highest BCUT2D eigenvalue weighted by molar-refractivity contribution is 6.03. The average molecular weight is 299 g/mol. The fraction of sp³-hybridized carbons (Fsp3) is 0.294. The van der Waals surface area contributed by atoms with Crippen LogP contribution < -0.4 is 5.32 Å². The van der Waals surface area contributed by atoms with Crippen LogP contribution in [0.15, 0.2) is 35.1 Å². The number of carbonyl (C=O) groups excluding carboxylic acids is 1. The van der Waals surface area contributed by atoms with Crippen molar-refractivity contribution in [2.24, 2.45) is 5.10 Å². The van der Waals surface area contributed by atoms with Crippen molar-refractivity contribution in [3.63, 3.8) is 0 Å². The lowest BCUT2D eigenvalue weighted by Gasteiger charge is -2.30. The van der Waals surface area contributed by atoms with Crippen LogP contribution in [0.2, 0.25) is 0 Å². The number of allylic oxidation sites excluding steroid dienone is 1. The Balaban J connectivity index is 2.74. The number of hydrogen-bond acceptors (Lipinski definition) is 4. The standard InChI is InChI=1S/C17H21N3O2/c1-5-14-13-10-11(4)8-9-12(13)16(21)15(17(22)18-6-2)20(14)19-7-3/h5,7-10,21H,6H2,1-4H3,(H,18,22)/b14-5+,19-7-. The lowest BCUT2D eigenvalue weighted by molar-refractivity contribution is -0.118. The van der Waals surface area contributed by atoms with Crippen LogP contribution in [0, 0.1) is 6.92 Å². The van der Waals surface area contributed by atoms with E-state index in [2.05, 4.69) is 10.4 Å². The molecule has 1 amide bonds. The van der Waals surface area contributed by atoms with Crippen LogP contribution in [0.4, 0.5) is 0 Å². The van der Waals surface area contributed by atoms with Gasteiger partial charge in [0.25, 0.3) is 5.91 Å². The maximum atomic E-state index is 12.4. The first-order chi connectivity index (χ1) is 10.5. The number of aliphatic hydroxyl groups excluding tert-OH is 1. The van der Waals surface area contributed by atoms with Gasteiger partial charge in [0.05, 0.1) is 5.70 Å². The molecule has 0 saturated heterocycles. The van der Waals surface area contributed by atoms with E-state index in [1.54, 1.807) is 13.1 Å². The quantitative estimate of drug-likeness (QED) is 0.843. The number of aliphatic hydroxyl groups is 1. The van der Waals surface area contributed by atoms with Crippen LogP contribution in [-0.4, -0.2) is 28.8 Å². The Morgan fingerprint density at radius 2 is 2.09 bits per heavy atom. The Labute approximate surface area is 130 Å². The summed E-state index contributed by atoms with van der Waals surface area (Å²) >= 11 is 0. The van der Waals surface area contributed by atoms with Gasteiger partial charge in [-0.3, -0.25) is 4.79 Å². The first-order valence-electron chi connectivity index (χ1n) is 7.33. The summed E-state index contributed by atoms with van der Waals surface area (Å²) in [5.41, 5.74) is 3.49. The van der Waals surface area contributed by atoms with Gasteiger partial charge in [0.1, 0.15) is 0 Å². The average Bonchev–Trinajstić information content (AvgIpc) is 2.48. The van der Waals surface area contributed by atoms with Gasteiger partial charge in [-0.1, -0.05) is 23.8 Å². The molecule has 0 spiro atoms. The molecule has 0 aliphatic carbocycles. The van der Waals surface area contributed by atoms with Crippen LogP contribution in [0.3, 0.4) is 0 Å². The summed E-state index contributed by atoms with van der Waals surface area (Å²) in [5.74, 6) is -0.409. The summed E-state index contributed by atoms with van der Waals surface area (Å²) in [4.78, 5) is 12.4. The van der Waals surface area contributed by atoms with Crippen LogP contribution in [0.5, 0.6) is 0 Å². The molecule has 1 aliphatic heterocycles. The number of hydrogen-bond donors (Lipinski definition) is 2. The van der Waals surface area contributed by atoms with Crippen LogP contribution in [0.1, 0.15) is 37.5 Å². The van der Waals surface area contributed by atoms with E-state index in [4.69, 9.17) is 0 Å². The van der Waals surface area contributed by atoms with Gasteiger partial charge < -0.3 is 10.4 Å². The summed E-state index contributed by atoms with van der Waals surface area (Å²) in [5, 5.41) is 19.1.